The van der Waals surface area contributed by atoms with Gasteiger partial charge in [-0.1, -0.05) is 33.1 Å². The number of halogens is 1. The third-order valence-electron chi connectivity index (χ3n) is 1.67. The van der Waals surface area contributed by atoms with Gasteiger partial charge in [-0.3, -0.25) is 0 Å². The van der Waals surface area contributed by atoms with Crippen molar-refractivity contribution in [1.29, 1.82) is 0 Å². The first-order valence-corrected chi connectivity index (χ1v) is 5.50. The van der Waals surface area contributed by atoms with Crippen molar-refractivity contribution in [3.8, 4) is 0 Å². The van der Waals surface area contributed by atoms with E-state index in [1.54, 1.807) is 0 Å². The van der Waals surface area contributed by atoms with Gasteiger partial charge in [0, 0.05) is 0 Å². The van der Waals surface area contributed by atoms with Crippen LogP contribution in [0.4, 0.5) is 9.18 Å². The smallest absolute Gasteiger partial charge is 0.404 e. The Morgan fingerprint density at radius 2 is 2.00 bits per heavy atom. The molecule has 0 aromatic carbocycles. The fourth-order valence-corrected chi connectivity index (χ4v) is 0.484. The summed E-state index contributed by atoms with van der Waals surface area (Å²) in [7, 11) is 0. The molecule has 1 saturated carbocycles. The maximum Gasteiger partial charge on any atom is 0.404 e. The second-order valence-electron chi connectivity index (χ2n) is 3.52. The predicted octanol–water partition coefficient (Wildman–Crippen LogP) is 2.45. The summed E-state index contributed by atoms with van der Waals surface area (Å²) in [6.45, 7) is 3.89. The largest absolute Gasteiger partial charge is 0.450 e. The van der Waals surface area contributed by atoms with E-state index in [0.29, 0.717) is 6.61 Å². The Labute approximate surface area is 96.3 Å². The van der Waals surface area contributed by atoms with Gasteiger partial charge in [-0.2, -0.15) is 0 Å². The Morgan fingerprint density at radius 3 is 2.19 bits per heavy atom. The number of carbonyl (C=O) groups excluding carboxylic acids is 2. The van der Waals surface area contributed by atoms with Crippen LogP contribution < -0.4 is 5.73 Å². The average molecular weight is 235 g/mol. The zero-order chi connectivity index (χ0) is 12.8. The molecule has 1 amide bonds. The van der Waals surface area contributed by atoms with Gasteiger partial charge in [-0.15, -0.1) is 0 Å². The van der Waals surface area contributed by atoms with Crippen molar-refractivity contribution in [2.75, 3.05) is 13.3 Å². The molecular formula is C11H22FNO3. The van der Waals surface area contributed by atoms with Gasteiger partial charge in [0.1, 0.15) is 6.67 Å². The molecule has 2 N–H and O–H groups in total. The summed E-state index contributed by atoms with van der Waals surface area (Å²) >= 11 is 0. The molecule has 0 radical (unpaired) electrons. The van der Waals surface area contributed by atoms with Crippen LogP contribution in [0.15, 0.2) is 0 Å². The number of unbranched alkanes of at least 4 members (excludes halogenated alkanes) is 1. The fourth-order valence-electron chi connectivity index (χ4n) is 0.484. The summed E-state index contributed by atoms with van der Waals surface area (Å²) in [6, 6.07) is 0. The summed E-state index contributed by atoms with van der Waals surface area (Å²) in [5.41, 5.74) is 4.67. The molecule has 1 aliphatic rings. The standard InChI is InChI=1S/C5H11NO2.C4H8.C2H3FO/c1-2-3-4-8-5(6)7;1-4-2-3-4;3-1-2-4/h2-4H2,1H3,(H2,6,7);4H,2-3H2,1H3;2H,1H2. The Hall–Kier alpha value is -1.13. The van der Waals surface area contributed by atoms with Crippen molar-refractivity contribution in [3.05, 3.63) is 0 Å². The number of rotatable bonds is 4. The number of carbonyl (C=O) groups is 2. The number of ether oxygens (including phenoxy) is 1. The van der Waals surface area contributed by atoms with Crippen LogP contribution in [-0.4, -0.2) is 25.7 Å². The maximum atomic E-state index is 10.4. The highest BCUT2D eigenvalue weighted by Crippen LogP contribution is 2.26. The summed E-state index contributed by atoms with van der Waals surface area (Å²) in [4.78, 5) is 18.7. The molecule has 0 heterocycles. The molecule has 0 bridgehead atoms. The lowest BCUT2D eigenvalue weighted by atomic mass is 10.4. The van der Waals surface area contributed by atoms with E-state index in [-0.39, 0.29) is 6.29 Å². The summed E-state index contributed by atoms with van der Waals surface area (Å²) in [6.07, 6.45) is 4.41. The SMILES string of the molecule is CC1CC1.CCCCOC(N)=O.O=CCF. The number of nitrogens with two attached hydrogens (primary N) is 1. The first-order valence-electron chi connectivity index (χ1n) is 5.50. The van der Waals surface area contributed by atoms with Gasteiger partial charge < -0.3 is 15.3 Å². The van der Waals surface area contributed by atoms with E-state index >= 15 is 0 Å². The molecule has 0 atom stereocenters. The van der Waals surface area contributed by atoms with E-state index < -0.39 is 12.8 Å². The highest BCUT2D eigenvalue weighted by molar-refractivity contribution is 5.64. The molecule has 0 unspecified atom stereocenters. The van der Waals surface area contributed by atoms with E-state index in [1.165, 1.54) is 12.8 Å². The summed E-state index contributed by atoms with van der Waals surface area (Å²) in [5.74, 6) is 1.08. The van der Waals surface area contributed by atoms with Gasteiger partial charge in [-0.05, 0) is 12.3 Å². The van der Waals surface area contributed by atoms with Gasteiger partial charge in [-0.25, -0.2) is 9.18 Å². The van der Waals surface area contributed by atoms with E-state index in [2.05, 4.69) is 17.4 Å². The van der Waals surface area contributed by atoms with E-state index in [9.17, 15) is 9.18 Å². The van der Waals surface area contributed by atoms with Gasteiger partial charge >= 0.3 is 6.09 Å². The fraction of sp³-hybridized carbons (Fsp3) is 0.818. The number of hydrogen-bond donors (Lipinski definition) is 1. The zero-order valence-corrected chi connectivity index (χ0v) is 10.1. The number of amides is 1. The van der Waals surface area contributed by atoms with Gasteiger partial charge in [0.2, 0.25) is 0 Å². The molecule has 0 aromatic rings. The van der Waals surface area contributed by atoms with Crippen LogP contribution in [0.1, 0.15) is 39.5 Å². The monoisotopic (exact) mass is 235 g/mol. The van der Waals surface area contributed by atoms with Crippen LogP contribution in [0, 0.1) is 5.92 Å². The lowest BCUT2D eigenvalue weighted by molar-refractivity contribution is -0.108. The quantitative estimate of drug-likeness (QED) is 0.601. The Bertz CT molecular complexity index is 173. The molecule has 0 aliphatic heterocycles. The van der Waals surface area contributed by atoms with Crippen molar-refractivity contribution in [2.45, 2.75) is 39.5 Å². The van der Waals surface area contributed by atoms with Gasteiger partial charge in [0.05, 0.1) is 6.61 Å². The highest BCUT2D eigenvalue weighted by atomic mass is 19.1. The van der Waals surface area contributed by atoms with Crippen LogP contribution in [0.25, 0.3) is 0 Å². The van der Waals surface area contributed by atoms with Gasteiger partial charge in [0.15, 0.2) is 6.29 Å². The van der Waals surface area contributed by atoms with Crippen molar-refractivity contribution in [1.82, 2.24) is 0 Å². The molecule has 4 nitrogen and oxygen atoms in total. The number of primary amides is 1. The third-order valence-corrected chi connectivity index (χ3v) is 1.67. The second-order valence-corrected chi connectivity index (χ2v) is 3.52. The van der Waals surface area contributed by atoms with Gasteiger partial charge in [0.25, 0.3) is 0 Å². The number of alkyl halides is 1. The molecule has 1 fully saturated rings. The molecule has 0 aromatic heterocycles. The zero-order valence-electron chi connectivity index (χ0n) is 10.1. The second kappa shape index (κ2) is 13.9. The molecule has 0 spiro atoms. The minimum absolute atomic E-state index is 0.208. The van der Waals surface area contributed by atoms with Crippen LogP contribution in [0.5, 0.6) is 0 Å². The highest BCUT2D eigenvalue weighted by Gasteiger charge is 2.12. The first kappa shape index (κ1) is 17.3. The number of aldehydes is 1. The maximum absolute atomic E-state index is 10.4. The topological polar surface area (TPSA) is 69.4 Å². The minimum atomic E-state index is -0.861. The molecule has 16 heavy (non-hydrogen) atoms. The molecule has 1 aliphatic carbocycles. The average Bonchev–Trinajstić information content (AvgIpc) is 3.02. The van der Waals surface area contributed by atoms with Crippen LogP contribution >= 0.6 is 0 Å². The lowest BCUT2D eigenvalue weighted by Gasteiger charge is -1.95. The minimum Gasteiger partial charge on any atom is -0.450 e. The molecule has 1 rings (SSSR count). The third kappa shape index (κ3) is 29.3. The van der Waals surface area contributed by atoms with Crippen LogP contribution in [0.3, 0.4) is 0 Å². The predicted molar refractivity (Wildman–Crippen MR) is 60.9 cm³/mol. The Kier molecular flexibility index (Phi) is 15.0. The Morgan fingerprint density at radius 1 is 1.56 bits per heavy atom. The molecular weight excluding hydrogens is 213 g/mol. The van der Waals surface area contributed by atoms with E-state index in [4.69, 9.17) is 4.79 Å². The molecule has 96 valence electrons. The van der Waals surface area contributed by atoms with E-state index in [0.717, 1.165) is 18.8 Å². The Balaban J connectivity index is 0. The van der Waals surface area contributed by atoms with Crippen molar-refractivity contribution < 1.29 is 18.7 Å². The van der Waals surface area contributed by atoms with Crippen LogP contribution in [0.2, 0.25) is 0 Å². The summed E-state index contributed by atoms with van der Waals surface area (Å²) in [5, 5.41) is 0. The first-order chi connectivity index (χ1) is 7.58. The summed E-state index contributed by atoms with van der Waals surface area (Å²) < 4.78 is 14.8. The van der Waals surface area contributed by atoms with Crippen molar-refractivity contribution >= 4 is 12.4 Å². The van der Waals surface area contributed by atoms with Crippen molar-refractivity contribution in [2.24, 2.45) is 11.7 Å². The molecule has 5 heteroatoms. The van der Waals surface area contributed by atoms with Crippen LogP contribution in [-0.2, 0) is 9.53 Å². The number of hydrogen-bond acceptors (Lipinski definition) is 3. The normalized spacial score (nSPS) is 12.4. The van der Waals surface area contributed by atoms with E-state index in [1.807, 2.05) is 6.92 Å². The lowest BCUT2D eigenvalue weighted by Crippen LogP contribution is -2.13. The molecule has 0 saturated heterocycles. The van der Waals surface area contributed by atoms with Crippen molar-refractivity contribution in [3.63, 3.8) is 0 Å².